The fourth-order valence-electron chi connectivity index (χ4n) is 4.10. The second-order valence-electron chi connectivity index (χ2n) is 7.86. The van der Waals surface area contributed by atoms with Crippen LogP contribution in [-0.4, -0.2) is 58.0 Å². The number of nitrogens with zero attached hydrogens (tertiary/aromatic N) is 3. The van der Waals surface area contributed by atoms with Crippen molar-refractivity contribution in [3.05, 3.63) is 59.3 Å². The number of nitrogens with one attached hydrogen (secondary N) is 1. The molecule has 7 heteroatoms. The second-order valence-corrected chi connectivity index (χ2v) is 7.86. The average molecular weight is 409 g/mol. The summed E-state index contributed by atoms with van der Waals surface area (Å²) in [5.74, 6) is 0.386. The molecule has 0 bridgehead atoms. The van der Waals surface area contributed by atoms with Crippen molar-refractivity contribution in [2.75, 3.05) is 26.2 Å². The van der Waals surface area contributed by atoms with E-state index < -0.39 is 6.10 Å². The maximum atomic E-state index is 12.2. The number of carbonyl (C=O) groups excluding carboxylic acids is 1. The number of hydrogen-bond acceptors (Lipinski definition) is 5. The number of amides is 1. The first-order valence-electron chi connectivity index (χ1n) is 10.3. The normalized spacial score (nSPS) is 15.0. The Morgan fingerprint density at radius 2 is 2.03 bits per heavy atom. The van der Waals surface area contributed by atoms with Crippen molar-refractivity contribution >= 4 is 16.8 Å². The number of ether oxygens (including phenoxy) is 1. The van der Waals surface area contributed by atoms with Gasteiger partial charge in [-0.2, -0.15) is 5.10 Å². The van der Waals surface area contributed by atoms with E-state index in [-0.39, 0.29) is 19.1 Å². The molecular formula is C23H28N4O3. The number of rotatable bonds is 7. The van der Waals surface area contributed by atoms with Crippen LogP contribution in [-0.2, 0) is 24.8 Å². The van der Waals surface area contributed by atoms with Gasteiger partial charge in [-0.3, -0.25) is 14.4 Å². The van der Waals surface area contributed by atoms with Gasteiger partial charge >= 0.3 is 0 Å². The van der Waals surface area contributed by atoms with Gasteiger partial charge in [0.2, 0.25) is 0 Å². The molecule has 1 aliphatic rings. The van der Waals surface area contributed by atoms with E-state index >= 15 is 0 Å². The summed E-state index contributed by atoms with van der Waals surface area (Å²) in [4.78, 5) is 14.4. The van der Waals surface area contributed by atoms with Crippen LogP contribution in [0, 0.1) is 6.92 Å². The van der Waals surface area contributed by atoms with E-state index in [0.29, 0.717) is 12.3 Å². The number of aromatic nitrogens is 2. The van der Waals surface area contributed by atoms with Gasteiger partial charge in [-0.15, -0.1) is 0 Å². The molecule has 2 heterocycles. The summed E-state index contributed by atoms with van der Waals surface area (Å²) in [7, 11) is 1.88. The lowest BCUT2D eigenvalue weighted by molar-refractivity contribution is -0.123. The summed E-state index contributed by atoms with van der Waals surface area (Å²) in [6.45, 7) is 4.31. The highest BCUT2D eigenvalue weighted by atomic mass is 16.5. The first-order valence-corrected chi connectivity index (χ1v) is 10.3. The Kier molecular flexibility index (Phi) is 6.01. The van der Waals surface area contributed by atoms with Crippen molar-refractivity contribution in [2.24, 2.45) is 7.05 Å². The zero-order valence-corrected chi connectivity index (χ0v) is 17.5. The average Bonchev–Trinajstić information content (AvgIpc) is 3.05. The SMILES string of the molecule is Cc1nn(C)c2cccc(OCC(=O)NCC(O)CN3CCc4ccccc4C3)c12. The second kappa shape index (κ2) is 8.85. The van der Waals surface area contributed by atoms with Crippen LogP contribution in [0.25, 0.3) is 10.9 Å². The zero-order valence-electron chi connectivity index (χ0n) is 17.5. The summed E-state index contributed by atoms with van der Waals surface area (Å²) in [5.41, 5.74) is 4.52. The number of aliphatic hydroxyl groups is 1. The van der Waals surface area contributed by atoms with Gasteiger partial charge in [0, 0.05) is 33.2 Å². The topological polar surface area (TPSA) is 79.6 Å². The van der Waals surface area contributed by atoms with Crippen LogP contribution >= 0.6 is 0 Å². The van der Waals surface area contributed by atoms with Crippen molar-refractivity contribution < 1.29 is 14.6 Å². The number of benzene rings is 2. The van der Waals surface area contributed by atoms with Crippen LogP contribution in [0.3, 0.4) is 0 Å². The molecule has 1 atom stereocenters. The molecule has 0 aliphatic carbocycles. The molecule has 30 heavy (non-hydrogen) atoms. The minimum Gasteiger partial charge on any atom is -0.483 e. The van der Waals surface area contributed by atoms with Crippen LogP contribution in [0.4, 0.5) is 0 Å². The maximum Gasteiger partial charge on any atom is 0.258 e. The number of carbonyl (C=O) groups is 1. The molecule has 0 fully saturated rings. The number of β-amino-alcohol motifs (C(OH)–C–C–N with tert-alkyl or cyclic N) is 1. The lowest BCUT2D eigenvalue weighted by Gasteiger charge is -2.30. The molecule has 1 unspecified atom stereocenters. The zero-order chi connectivity index (χ0) is 21.1. The van der Waals surface area contributed by atoms with Gasteiger partial charge in [0.05, 0.1) is 22.7 Å². The standard InChI is InChI=1S/C23H28N4O3/c1-16-23-20(26(2)25-16)8-5-9-21(23)30-15-22(29)24-12-19(28)14-27-11-10-17-6-3-4-7-18(17)13-27/h3-9,19,28H,10-15H2,1-2H3,(H,24,29). The summed E-state index contributed by atoms with van der Waals surface area (Å²) < 4.78 is 7.54. The monoisotopic (exact) mass is 408 g/mol. The van der Waals surface area contributed by atoms with E-state index in [4.69, 9.17) is 4.74 Å². The molecule has 3 aromatic rings. The molecule has 0 radical (unpaired) electrons. The van der Waals surface area contributed by atoms with E-state index in [1.54, 1.807) is 4.68 Å². The molecule has 1 aromatic heterocycles. The largest absolute Gasteiger partial charge is 0.483 e. The smallest absolute Gasteiger partial charge is 0.258 e. The van der Waals surface area contributed by atoms with Crippen molar-refractivity contribution in [1.82, 2.24) is 20.0 Å². The summed E-state index contributed by atoms with van der Waals surface area (Å²) in [6, 6.07) is 14.1. The Balaban J connectivity index is 1.24. The van der Waals surface area contributed by atoms with Gasteiger partial charge in [-0.25, -0.2) is 0 Å². The van der Waals surface area contributed by atoms with E-state index in [1.807, 2.05) is 38.2 Å². The van der Waals surface area contributed by atoms with Crippen molar-refractivity contribution in [3.63, 3.8) is 0 Å². The quantitative estimate of drug-likeness (QED) is 0.623. The van der Waals surface area contributed by atoms with Gasteiger partial charge in [-0.1, -0.05) is 30.3 Å². The lowest BCUT2D eigenvalue weighted by atomic mass is 10.00. The summed E-state index contributed by atoms with van der Waals surface area (Å²) >= 11 is 0. The molecule has 1 aliphatic heterocycles. The van der Waals surface area contributed by atoms with Crippen LogP contribution in [0.5, 0.6) is 5.75 Å². The van der Waals surface area contributed by atoms with Crippen LogP contribution < -0.4 is 10.1 Å². The highest BCUT2D eigenvalue weighted by Crippen LogP contribution is 2.28. The molecule has 2 aromatic carbocycles. The summed E-state index contributed by atoms with van der Waals surface area (Å²) in [5, 5.41) is 18.4. The summed E-state index contributed by atoms with van der Waals surface area (Å²) in [6.07, 6.45) is 0.366. The fraction of sp³-hybridized carbons (Fsp3) is 0.391. The Morgan fingerprint density at radius 1 is 1.23 bits per heavy atom. The Bertz CT molecular complexity index is 1050. The van der Waals surface area contributed by atoms with E-state index in [9.17, 15) is 9.90 Å². The van der Waals surface area contributed by atoms with Gasteiger partial charge < -0.3 is 15.2 Å². The number of hydrogen-bond donors (Lipinski definition) is 2. The number of fused-ring (bicyclic) bond motifs is 2. The Morgan fingerprint density at radius 3 is 2.87 bits per heavy atom. The molecule has 2 N–H and O–H groups in total. The highest BCUT2D eigenvalue weighted by Gasteiger charge is 2.19. The molecular weight excluding hydrogens is 380 g/mol. The first kappa shape index (κ1) is 20.4. The van der Waals surface area contributed by atoms with Crippen LogP contribution in [0.2, 0.25) is 0 Å². The Labute approximate surface area is 176 Å². The first-order chi connectivity index (χ1) is 14.5. The van der Waals surface area contributed by atoms with Gasteiger partial charge in [0.25, 0.3) is 5.91 Å². The molecule has 0 spiro atoms. The lowest BCUT2D eigenvalue weighted by Crippen LogP contribution is -2.42. The van der Waals surface area contributed by atoms with E-state index in [0.717, 1.165) is 36.1 Å². The molecule has 4 rings (SSSR count). The predicted molar refractivity (Wildman–Crippen MR) is 115 cm³/mol. The number of aliphatic hydroxyl groups excluding tert-OH is 1. The van der Waals surface area contributed by atoms with E-state index in [2.05, 4.69) is 33.5 Å². The predicted octanol–water partition coefficient (Wildman–Crippen LogP) is 1.80. The van der Waals surface area contributed by atoms with Gasteiger partial charge in [-0.05, 0) is 36.6 Å². The van der Waals surface area contributed by atoms with Crippen molar-refractivity contribution in [3.8, 4) is 5.75 Å². The van der Waals surface area contributed by atoms with Crippen molar-refractivity contribution in [1.29, 1.82) is 0 Å². The molecule has 7 nitrogen and oxygen atoms in total. The van der Waals surface area contributed by atoms with Gasteiger partial charge in [0.1, 0.15) is 5.75 Å². The minimum atomic E-state index is -0.622. The van der Waals surface area contributed by atoms with Crippen molar-refractivity contribution in [2.45, 2.75) is 26.0 Å². The van der Waals surface area contributed by atoms with Gasteiger partial charge in [0.15, 0.2) is 6.61 Å². The third-order valence-corrected chi connectivity index (χ3v) is 5.59. The third kappa shape index (κ3) is 4.47. The number of aryl methyl sites for hydroxylation is 2. The van der Waals surface area contributed by atoms with E-state index in [1.165, 1.54) is 11.1 Å². The molecule has 1 amide bonds. The Hall–Kier alpha value is -2.90. The molecule has 158 valence electrons. The maximum absolute atomic E-state index is 12.2. The third-order valence-electron chi connectivity index (χ3n) is 5.59. The minimum absolute atomic E-state index is 0.0999. The molecule has 0 saturated carbocycles. The van der Waals surface area contributed by atoms with Crippen LogP contribution in [0.1, 0.15) is 16.8 Å². The highest BCUT2D eigenvalue weighted by molar-refractivity contribution is 5.88. The van der Waals surface area contributed by atoms with Crippen LogP contribution in [0.15, 0.2) is 42.5 Å². The molecule has 0 saturated heterocycles. The fourth-order valence-corrected chi connectivity index (χ4v) is 4.10.